The molecule has 0 aromatic heterocycles. The van der Waals surface area contributed by atoms with Crippen LogP contribution < -0.4 is 14.4 Å². The third-order valence-electron chi connectivity index (χ3n) is 4.95. The van der Waals surface area contributed by atoms with Crippen LogP contribution in [0.25, 0.3) is 10.8 Å². The van der Waals surface area contributed by atoms with Crippen molar-refractivity contribution in [3.8, 4) is 5.75 Å². The molecule has 3 aromatic carbocycles. The Morgan fingerprint density at radius 3 is 2.42 bits per heavy atom. The number of rotatable bonds is 9. The van der Waals surface area contributed by atoms with Crippen LogP contribution in [0.15, 0.2) is 66.7 Å². The fourth-order valence-corrected chi connectivity index (χ4v) is 4.32. The molecule has 0 atom stereocenters. The van der Waals surface area contributed by atoms with Gasteiger partial charge in [-0.15, -0.1) is 0 Å². The van der Waals surface area contributed by atoms with Crippen LogP contribution in [0.4, 0.5) is 5.69 Å². The number of benzene rings is 3. The SMILES string of the molecule is CC(C)c1ccccc1N(CC(=O)NCCOc1cccc2ccccc12)S(C)(=O)=O. The van der Waals surface area contributed by atoms with E-state index in [-0.39, 0.29) is 31.5 Å². The van der Waals surface area contributed by atoms with Gasteiger partial charge < -0.3 is 10.1 Å². The zero-order chi connectivity index (χ0) is 22.4. The first-order valence-electron chi connectivity index (χ1n) is 10.2. The van der Waals surface area contributed by atoms with Crippen molar-refractivity contribution in [3.05, 3.63) is 72.3 Å². The number of para-hydroxylation sites is 1. The Labute approximate surface area is 183 Å². The first-order valence-corrected chi connectivity index (χ1v) is 12.1. The minimum atomic E-state index is -3.63. The Balaban J connectivity index is 1.62. The Kier molecular flexibility index (Phi) is 7.17. The van der Waals surface area contributed by atoms with E-state index in [0.29, 0.717) is 5.69 Å². The van der Waals surface area contributed by atoms with Crippen molar-refractivity contribution in [2.24, 2.45) is 0 Å². The molecule has 7 heteroatoms. The lowest BCUT2D eigenvalue weighted by molar-refractivity contribution is -0.119. The van der Waals surface area contributed by atoms with Crippen molar-refractivity contribution < 1.29 is 17.9 Å². The molecule has 0 unspecified atom stereocenters. The lowest BCUT2D eigenvalue weighted by atomic mass is 10.0. The average Bonchev–Trinajstić information content (AvgIpc) is 2.74. The summed E-state index contributed by atoms with van der Waals surface area (Å²) in [6, 6.07) is 21.0. The van der Waals surface area contributed by atoms with Crippen molar-refractivity contribution in [2.45, 2.75) is 19.8 Å². The van der Waals surface area contributed by atoms with Crippen molar-refractivity contribution in [2.75, 3.05) is 30.3 Å². The number of carbonyl (C=O) groups is 1. The van der Waals surface area contributed by atoms with Crippen LogP contribution in [0, 0.1) is 0 Å². The van der Waals surface area contributed by atoms with Gasteiger partial charge in [-0.2, -0.15) is 0 Å². The van der Waals surface area contributed by atoms with Crippen LogP contribution in [0.3, 0.4) is 0 Å². The Morgan fingerprint density at radius 1 is 1.00 bits per heavy atom. The van der Waals surface area contributed by atoms with Crippen molar-refractivity contribution in [1.29, 1.82) is 0 Å². The molecule has 0 fully saturated rings. The van der Waals surface area contributed by atoms with E-state index >= 15 is 0 Å². The predicted octanol–water partition coefficient (Wildman–Crippen LogP) is 3.92. The first-order chi connectivity index (χ1) is 14.8. The van der Waals surface area contributed by atoms with Gasteiger partial charge in [-0.3, -0.25) is 9.10 Å². The molecule has 0 aliphatic heterocycles. The van der Waals surface area contributed by atoms with Crippen molar-refractivity contribution >= 4 is 32.4 Å². The molecule has 31 heavy (non-hydrogen) atoms. The smallest absolute Gasteiger partial charge is 0.240 e. The molecule has 1 N–H and O–H groups in total. The fourth-order valence-electron chi connectivity index (χ4n) is 3.44. The third kappa shape index (κ3) is 5.76. The maximum absolute atomic E-state index is 12.5. The highest BCUT2D eigenvalue weighted by molar-refractivity contribution is 7.92. The second kappa shape index (κ2) is 9.83. The molecule has 6 nitrogen and oxygen atoms in total. The molecule has 1 amide bonds. The van der Waals surface area contributed by atoms with Gasteiger partial charge >= 0.3 is 0 Å². The number of carbonyl (C=O) groups excluding carboxylic acids is 1. The molecular formula is C24H28N2O4S. The largest absolute Gasteiger partial charge is 0.491 e. The molecule has 3 rings (SSSR count). The predicted molar refractivity (Wildman–Crippen MR) is 125 cm³/mol. The molecule has 0 radical (unpaired) electrons. The number of fused-ring (bicyclic) bond motifs is 1. The quantitative estimate of drug-likeness (QED) is 0.512. The topological polar surface area (TPSA) is 75.7 Å². The van der Waals surface area contributed by atoms with E-state index in [0.717, 1.165) is 32.6 Å². The summed E-state index contributed by atoms with van der Waals surface area (Å²) < 4.78 is 31.8. The fraction of sp³-hybridized carbons (Fsp3) is 0.292. The average molecular weight is 441 g/mol. The van der Waals surface area contributed by atoms with Crippen LogP contribution in [-0.2, 0) is 14.8 Å². The number of ether oxygens (including phenoxy) is 1. The van der Waals surface area contributed by atoms with Gasteiger partial charge in [0.2, 0.25) is 15.9 Å². The van der Waals surface area contributed by atoms with Gasteiger partial charge in [-0.05, 0) is 29.0 Å². The molecule has 164 valence electrons. The second-order valence-electron chi connectivity index (χ2n) is 7.66. The van der Waals surface area contributed by atoms with E-state index in [1.54, 1.807) is 12.1 Å². The zero-order valence-electron chi connectivity index (χ0n) is 18.0. The summed E-state index contributed by atoms with van der Waals surface area (Å²) in [6.07, 6.45) is 1.11. The highest BCUT2D eigenvalue weighted by Gasteiger charge is 2.23. The van der Waals surface area contributed by atoms with Crippen molar-refractivity contribution in [3.63, 3.8) is 0 Å². The van der Waals surface area contributed by atoms with Gasteiger partial charge in [0.1, 0.15) is 18.9 Å². The summed E-state index contributed by atoms with van der Waals surface area (Å²) in [6.45, 7) is 4.25. The maximum atomic E-state index is 12.5. The van der Waals surface area contributed by atoms with Crippen LogP contribution in [0.2, 0.25) is 0 Å². The van der Waals surface area contributed by atoms with Gasteiger partial charge in [0.15, 0.2) is 0 Å². The molecule has 0 aliphatic rings. The second-order valence-corrected chi connectivity index (χ2v) is 9.57. The summed E-state index contributed by atoms with van der Waals surface area (Å²) in [5.41, 5.74) is 1.40. The van der Waals surface area contributed by atoms with Crippen LogP contribution in [-0.4, -0.2) is 40.3 Å². The van der Waals surface area contributed by atoms with E-state index in [4.69, 9.17) is 4.74 Å². The number of nitrogens with one attached hydrogen (secondary N) is 1. The van der Waals surface area contributed by atoms with Gasteiger partial charge in [0.05, 0.1) is 18.5 Å². The number of hydrogen-bond acceptors (Lipinski definition) is 4. The molecule has 3 aromatic rings. The van der Waals surface area contributed by atoms with E-state index in [1.807, 2.05) is 68.4 Å². The van der Waals surface area contributed by atoms with Gasteiger partial charge in [-0.1, -0.05) is 68.4 Å². The summed E-state index contributed by atoms with van der Waals surface area (Å²) in [7, 11) is -3.63. The summed E-state index contributed by atoms with van der Waals surface area (Å²) in [5, 5.41) is 4.84. The number of anilines is 1. The number of amides is 1. The first kappa shape index (κ1) is 22.6. The normalized spacial score (nSPS) is 11.5. The number of sulfonamides is 1. The molecule has 0 aliphatic carbocycles. The maximum Gasteiger partial charge on any atom is 0.240 e. The molecule has 0 saturated carbocycles. The molecular weight excluding hydrogens is 412 g/mol. The Hall–Kier alpha value is -3.06. The lowest BCUT2D eigenvalue weighted by Gasteiger charge is -2.25. The Morgan fingerprint density at radius 2 is 1.68 bits per heavy atom. The number of hydrogen-bond donors (Lipinski definition) is 1. The van der Waals surface area contributed by atoms with Gasteiger partial charge in [-0.25, -0.2) is 8.42 Å². The van der Waals surface area contributed by atoms with E-state index in [9.17, 15) is 13.2 Å². The van der Waals surface area contributed by atoms with E-state index in [2.05, 4.69) is 5.32 Å². The lowest BCUT2D eigenvalue weighted by Crippen LogP contribution is -2.41. The monoisotopic (exact) mass is 440 g/mol. The molecule has 0 bridgehead atoms. The standard InChI is InChI=1S/C24H28N2O4S/c1-18(2)20-11-6-7-13-22(20)26(31(3,28)29)17-24(27)25-15-16-30-23-14-8-10-19-9-4-5-12-21(19)23/h4-14,18H,15-17H2,1-3H3,(H,25,27). The molecule has 0 saturated heterocycles. The van der Waals surface area contributed by atoms with Crippen molar-refractivity contribution in [1.82, 2.24) is 5.32 Å². The van der Waals surface area contributed by atoms with Crippen LogP contribution in [0.1, 0.15) is 25.3 Å². The minimum absolute atomic E-state index is 0.123. The highest BCUT2D eigenvalue weighted by atomic mass is 32.2. The minimum Gasteiger partial charge on any atom is -0.491 e. The zero-order valence-corrected chi connectivity index (χ0v) is 18.9. The van der Waals surface area contributed by atoms with Gasteiger partial charge in [0.25, 0.3) is 0 Å². The molecule has 0 heterocycles. The third-order valence-corrected chi connectivity index (χ3v) is 6.07. The van der Waals surface area contributed by atoms with Crippen LogP contribution in [0.5, 0.6) is 5.75 Å². The summed E-state index contributed by atoms with van der Waals surface area (Å²) in [5.74, 6) is 0.485. The van der Waals surface area contributed by atoms with Crippen LogP contribution >= 0.6 is 0 Å². The summed E-state index contributed by atoms with van der Waals surface area (Å²) in [4.78, 5) is 12.5. The molecule has 0 spiro atoms. The van der Waals surface area contributed by atoms with E-state index < -0.39 is 10.0 Å². The Bertz CT molecular complexity index is 1150. The highest BCUT2D eigenvalue weighted by Crippen LogP contribution is 2.29. The van der Waals surface area contributed by atoms with Gasteiger partial charge in [0, 0.05) is 5.39 Å². The number of nitrogens with zero attached hydrogens (tertiary/aromatic N) is 1. The summed E-state index contributed by atoms with van der Waals surface area (Å²) >= 11 is 0. The van der Waals surface area contributed by atoms with E-state index in [1.165, 1.54) is 0 Å².